The number of benzene rings is 1. The van der Waals surface area contributed by atoms with Gasteiger partial charge in [-0.25, -0.2) is 0 Å². The number of Topliss-reactive ketones (excluding diaryl/α,β-unsaturated/α-hetero) is 1. The third kappa shape index (κ3) is 5.36. The Morgan fingerprint density at radius 2 is 1.74 bits per heavy atom. The summed E-state index contributed by atoms with van der Waals surface area (Å²) in [4.78, 5) is 50.0. The van der Waals surface area contributed by atoms with Gasteiger partial charge in [0.05, 0.1) is 6.42 Å². The van der Waals surface area contributed by atoms with Crippen LogP contribution < -0.4 is 5.32 Å². The van der Waals surface area contributed by atoms with Gasteiger partial charge in [-0.15, -0.1) is 0 Å². The summed E-state index contributed by atoms with van der Waals surface area (Å²) < 4.78 is 5.24. The van der Waals surface area contributed by atoms with E-state index in [1.54, 1.807) is 6.07 Å². The number of hydrogen-bond acceptors (Lipinski definition) is 8. The van der Waals surface area contributed by atoms with Crippen LogP contribution in [0.5, 0.6) is 11.5 Å². The Morgan fingerprint density at radius 1 is 0.976 bits per heavy atom. The molecule has 3 fully saturated rings. The number of ether oxygens (including phenoxy) is 1. The molecule has 6 unspecified atom stereocenters. The minimum absolute atomic E-state index is 0.0131. The van der Waals surface area contributed by atoms with Crippen LogP contribution in [-0.4, -0.2) is 57.5 Å². The number of esters is 1. The van der Waals surface area contributed by atoms with Crippen molar-refractivity contribution < 1.29 is 39.2 Å². The van der Waals surface area contributed by atoms with Gasteiger partial charge in [-0.05, 0) is 98.3 Å². The molecule has 228 valence electrons. The quantitative estimate of drug-likeness (QED) is 0.253. The molecule has 1 aromatic carbocycles. The third-order valence-electron chi connectivity index (χ3n) is 11.3. The summed E-state index contributed by atoms with van der Waals surface area (Å²) >= 11 is 0. The van der Waals surface area contributed by atoms with E-state index in [4.69, 9.17) is 4.74 Å². The van der Waals surface area contributed by atoms with Crippen molar-refractivity contribution in [2.75, 3.05) is 13.2 Å². The molecular formula is C33H43NO8. The van der Waals surface area contributed by atoms with Gasteiger partial charge in [-0.2, -0.15) is 0 Å². The van der Waals surface area contributed by atoms with Crippen molar-refractivity contribution in [3.8, 4) is 11.5 Å². The molecule has 9 nitrogen and oxygen atoms in total. The van der Waals surface area contributed by atoms with Gasteiger partial charge in [-0.1, -0.05) is 25.5 Å². The van der Waals surface area contributed by atoms with Crippen LogP contribution in [0.4, 0.5) is 0 Å². The molecule has 0 bridgehead atoms. The van der Waals surface area contributed by atoms with Crippen LogP contribution in [0.1, 0.15) is 83.6 Å². The number of aliphatic hydroxyl groups is 1. The SMILES string of the molecule is CC12CCC(=O)C=C1CCC1C2CCC2(C)C1CCC2(O)C(=O)COC(=O)CCC(=O)NCCc1ccc(O)c(O)c1. The molecule has 0 radical (unpaired) electrons. The minimum Gasteiger partial charge on any atom is -0.504 e. The van der Waals surface area contributed by atoms with Crippen molar-refractivity contribution in [3.63, 3.8) is 0 Å². The summed E-state index contributed by atoms with van der Waals surface area (Å²) in [5.74, 6) is -0.657. The number of hydrogen-bond donors (Lipinski definition) is 4. The summed E-state index contributed by atoms with van der Waals surface area (Å²) in [6.07, 6.45) is 8.10. The van der Waals surface area contributed by atoms with Crippen molar-refractivity contribution in [2.45, 2.75) is 90.1 Å². The van der Waals surface area contributed by atoms with Crippen LogP contribution in [0.3, 0.4) is 0 Å². The van der Waals surface area contributed by atoms with Gasteiger partial charge in [0.1, 0.15) is 5.60 Å². The van der Waals surface area contributed by atoms with Gasteiger partial charge in [0, 0.05) is 24.8 Å². The van der Waals surface area contributed by atoms with Gasteiger partial charge < -0.3 is 25.4 Å². The smallest absolute Gasteiger partial charge is 0.306 e. The molecular weight excluding hydrogens is 538 g/mol. The number of nitrogens with one attached hydrogen (secondary N) is 1. The van der Waals surface area contributed by atoms with Crippen molar-refractivity contribution in [3.05, 3.63) is 35.4 Å². The minimum atomic E-state index is -1.55. The first kappa shape index (κ1) is 30.3. The van der Waals surface area contributed by atoms with Crippen molar-refractivity contribution in [1.82, 2.24) is 5.32 Å². The molecule has 0 aromatic heterocycles. The fraction of sp³-hybridized carbons (Fsp3) is 0.636. The molecule has 5 rings (SSSR count). The summed E-state index contributed by atoms with van der Waals surface area (Å²) in [5, 5.41) is 33.4. The fourth-order valence-corrected chi connectivity index (χ4v) is 8.75. The zero-order chi connectivity index (χ0) is 30.3. The first-order valence-corrected chi connectivity index (χ1v) is 15.3. The first-order valence-electron chi connectivity index (χ1n) is 15.3. The second kappa shape index (κ2) is 11.5. The van der Waals surface area contributed by atoms with Gasteiger partial charge >= 0.3 is 5.97 Å². The maximum Gasteiger partial charge on any atom is 0.306 e. The van der Waals surface area contributed by atoms with E-state index in [1.165, 1.54) is 17.7 Å². The fourth-order valence-electron chi connectivity index (χ4n) is 8.75. The zero-order valence-corrected chi connectivity index (χ0v) is 24.6. The maximum atomic E-state index is 13.4. The number of fused-ring (bicyclic) bond motifs is 5. The van der Waals surface area contributed by atoms with Crippen LogP contribution in [0.15, 0.2) is 29.8 Å². The van der Waals surface area contributed by atoms with E-state index in [9.17, 15) is 34.5 Å². The molecule has 0 saturated heterocycles. The second-order valence-electron chi connectivity index (χ2n) is 13.3. The summed E-state index contributed by atoms with van der Waals surface area (Å²) in [5.41, 5.74) is -0.107. The highest BCUT2D eigenvalue weighted by molar-refractivity contribution is 5.92. The van der Waals surface area contributed by atoms with E-state index < -0.39 is 29.4 Å². The monoisotopic (exact) mass is 581 g/mol. The van der Waals surface area contributed by atoms with E-state index >= 15 is 0 Å². The molecule has 0 spiro atoms. The largest absolute Gasteiger partial charge is 0.504 e. The number of ketones is 2. The van der Waals surface area contributed by atoms with Gasteiger partial charge in [0.2, 0.25) is 11.7 Å². The Hall–Kier alpha value is -3.20. The molecule has 1 amide bonds. The van der Waals surface area contributed by atoms with E-state index in [-0.39, 0.29) is 47.4 Å². The molecule has 4 aliphatic carbocycles. The first-order chi connectivity index (χ1) is 19.9. The Labute approximate surface area is 246 Å². The Balaban J connectivity index is 1.10. The number of phenolic OH excluding ortho intramolecular Hbond substituents is 2. The molecule has 0 heterocycles. The highest BCUT2D eigenvalue weighted by Crippen LogP contribution is 2.67. The van der Waals surface area contributed by atoms with E-state index in [0.717, 1.165) is 44.1 Å². The van der Waals surface area contributed by atoms with Gasteiger partial charge in [0.15, 0.2) is 23.9 Å². The predicted octanol–water partition coefficient (Wildman–Crippen LogP) is 3.91. The van der Waals surface area contributed by atoms with Crippen LogP contribution in [0.25, 0.3) is 0 Å². The lowest BCUT2D eigenvalue weighted by atomic mass is 9.46. The summed E-state index contributed by atoms with van der Waals surface area (Å²) in [7, 11) is 0. The number of carbonyl (C=O) groups is 4. The molecule has 0 aliphatic heterocycles. The van der Waals surface area contributed by atoms with Crippen LogP contribution in [-0.2, 0) is 30.3 Å². The number of rotatable bonds is 9. The van der Waals surface area contributed by atoms with Gasteiger partial charge in [0.25, 0.3) is 0 Å². The lowest BCUT2D eigenvalue weighted by Gasteiger charge is -2.58. The van der Waals surface area contributed by atoms with Crippen molar-refractivity contribution >= 4 is 23.4 Å². The molecule has 42 heavy (non-hydrogen) atoms. The van der Waals surface area contributed by atoms with Crippen LogP contribution in [0.2, 0.25) is 0 Å². The zero-order valence-electron chi connectivity index (χ0n) is 24.6. The van der Waals surface area contributed by atoms with Crippen molar-refractivity contribution in [1.29, 1.82) is 0 Å². The van der Waals surface area contributed by atoms with Crippen molar-refractivity contribution in [2.24, 2.45) is 28.6 Å². The van der Waals surface area contributed by atoms with E-state index in [1.807, 2.05) is 13.0 Å². The van der Waals surface area contributed by atoms with Crippen LogP contribution in [0, 0.1) is 28.6 Å². The maximum absolute atomic E-state index is 13.4. The van der Waals surface area contributed by atoms with Gasteiger partial charge in [-0.3, -0.25) is 19.2 Å². The standard InChI is InChI=1S/C33H43NO8/c1-31-13-9-22(35)18-21(31)4-5-23-24(31)10-14-32(2)25(23)11-15-33(32,41)28(38)19-42-30(40)8-7-29(39)34-16-12-20-3-6-26(36)27(37)17-20/h3,6,17-18,23-25,36-37,41H,4-5,7-16,19H2,1-2H3,(H,34,39). The Bertz CT molecular complexity index is 1300. The van der Waals surface area contributed by atoms with E-state index in [0.29, 0.717) is 37.6 Å². The lowest BCUT2D eigenvalue weighted by molar-refractivity contribution is -0.170. The number of phenols is 2. The molecule has 4 N–H and O–H groups in total. The highest BCUT2D eigenvalue weighted by atomic mass is 16.5. The normalized spacial score (nSPS) is 33.5. The van der Waals surface area contributed by atoms with E-state index in [2.05, 4.69) is 12.2 Å². The van der Waals surface area contributed by atoms with Crippen LogP contribution >= 0.6 is 0 Å². The third-order valence-corrected chi connectivity index (χ3v) is 11.3. The second-order valence-corrected chi connectivity index (χ2v) is 13.3. The number of amides is 1. The average Bonchev–Trinajstić information content (AvgIpc) is 3.24. The molecule has 6 atom stereocenters. The Morgan fingerprint density at radius 3 is 2.50 bits per heavy atom. The average molecular weight is 582 g/mol. The summed E-state index contributed by atoms with van der Waals surface area (Å²) in [6, 6.07) is 4.44. The number of carbonyl (C=O) groups excluding carboxylic acids is 4. The molecule has 1 aromatic rings. The number of allylic oxidation sites excluding steroid dienone is 1. The lowest BCUT2D eigenvalue weighted by Crippen LogP contribution is -2.58. The molecule has 9 heteroatoms. The topological polar surface area (TPSA) is 150 Å². The summed E-state index contributed by atoms with van der Waals surface area (Å²) in [6.45, 7) is 4.12. The highest BCUT2D eigenvalue weighted by Gasteiger charge is 2.66. The molecule has 3 saturated carbocycles. The Kier molecular flexibility index (Phi) is 8.27. The molecule has 4 aliphatic rings. The predicted molar refractivity (Wildman–Crippen MR) is 153 cm³/mol. The number of aromatic hydroxyl groups is 2.